The maximum Gasteiger partial charge on any atom is 0.305 e. The summed E-state index contributed by atoms with van der Waals surface area (Å²) in [5, 5.41) is 8.87. The molecule has 1 fully saturated rings. The van der Waals surface area contributed by atoms with Crippen LogP contribution in [0.3, 0.4) is 0 Å². The fourth-order valence-corrected chi connectivity index (χ4v) is 2.53. The Balaban J connectivity index is 2.13. The van der Waals surface area contributed by atoms with Gasteiger partial charge in [-0.25, -0.2) is 0 Å². The lowest BCUT2D eigenvalue weighted by atomic mass is 10.1. The van der Waals surface area contributed by atoms with Crippen molar-refractivity contribution in [2.45, 2.75) is 32.2 Å². The molecule has 1 aromatic rings. The fraction of sp³-hybridized carbons (Fsp3) is 0.400. The van der Waals surface area contributed by atoms with Crippen LogP contribution in [0.25, 0.3) is 0 Å². The van der Waals surface area contributed by atoms with Gasteiger partial charge in [-0.2, -0.15) is 0 Å². The minimum absolute atomic E-state index is 0.0166. The van der Waals surface area contributed by atoms with Crippen molar-refractivity contribution in [2.24, 2.45) is 0 Å². The summed E-state index contributed by atoms with van der Waals surface area (Å²) in [5.74, 6) is -1.10. The van der Waals surface area contributed by atoms with Gasteiger partial charge in [0.15, 0.2) is 5.78 Å². The second-order valence-electron chi connectivity index (χ2n) is 5.03. The van der Waals surface area contributed by atoms with Crippen LogP contribution in [0, 0.1) is 0 Å². The maximum atomic E-state index is 12.4. The van der Waals surface area contributed by atoms with Crippen LogP contribution in [-0.4, -0.2) is 40.3 Å². The number of Topliss-reactive ketones (excluding diaryl/α,β-unsaturated/α-hetero) is 1. The molecule has 0 saturated carbocycles. The molecule has 1 aromatic carbocycles. The summed E-state index contributed by atoms with van der Waals surface area (Å²) in [4.78, 5) is 36.0. The van der Waals surface area contributed by atoms with Crippen LogP contribution in [0.2, 0.25) is 0 Å². The Kier molecular flexibility index (Phi) is 4.17. The van der Waals surface area contributed by atoms with Gasteiger partial charge < -0.3 is 10.0 Å². The standard InChI is InChI=1S/C15H17NO4/c1-10(17)11-4-6-12(7-5-11)15(20)16-8-2-3-13(16)9-14(18)19/h4-7,13H,2-3,8-9H2,1H3,(H,18,19). The first-order valence-corrected chi connectivity index (χ1v) is 6.63. The fourth-order valence-electron chi connectivity index (χ4n) is 2.53. The van der Waals surface area contributed by atoms with Crippen molar-refractivity contribution in [3.05, 3.63) is 35.4 Å². The van der Waals surface area contributed by atoms with Crippen LogP contribution < -0.4 is 0 Å². The molecule has 1 saturated heterocycles. The van der Waals surface area contributed by atoms with Crippen molar-refractivity contribution in [2.75, 3.05) is 6.54 Å². The topological polar surface area (TPSA) is 74.7 Å². The van der Waals surface area contributed by atoms with E-state index in [9.17, 15) is 14.4 Å². The average Bonchev–Trinajstić information content (AvgIpc) is 2.85. The molecule has 1 heterocycles. The number of carboxylic acid groups (broad SMARTS) is 1. The summed E-state index contributed by atoms with van der Waals surface area (Å²) in [6, 6.07) is 6.26. The van der Waals surface area contributed by atoms with Gasteiger partial charge in [-0.15, -0.1) is 0 Å². The lowest BCUT2D eigenvalue weighted by Gasteiger charge is -2.23. The predicted molar refractivity (Wildman–Crippen MR) is 72.8 cm³/mol. The van der Waals surface area contributed by atoms with E-state index in [1.165, 1.54) is 6.92 Å². The zero-order valence-electron chi connectivity index (χ0n) is 11.3. The van der Waals surface area contributed by atoms with Crippen molar-refractivity contribution in [1.82, 2.24) is 4.90 Å². The summed E-state index contributed by atoms with van der Waals surface area (Å²) >= 11 is 0. The van der Waals surface area contributed by atoms with Crippen LogP contribution >= 0.6 is 0 Å². The van der Waals surface area contributed by atoms with Gasteiger partial charge >= 0.3 is 5.97 Å². The van der Waals surface area contributed by atoms with Gasteiger partial charge in [0.1, 0.15) is 0 Å². The Morgan fingerprint density at radius 1 is 1.20 bits per heavy atom. The molecule has 5 nitrogen and oxygen atoms in total. The first-order valence-electron chi connectivity index (χ1n) is 6.63. The van der Waals surface area contributed by atoms with Crippen LogP contribution in [-0.2, 0) is 4.79 Å². The molecule has 106 valence electrons. The lowest BCUT2D eigenvalue weighted by molar-refractivity contribution is -0.137. The third-order valence-corrected chi connectivity index (χ3v) is 3.59. The van der Waals surface area contributed by atoms with Gasteiger partial charge in [0, 0.05) is 23.7 Å². The number of benzene rings is 1. The second kappa shape index (κ2) is 5.86. The quantitative estimate of drug-likeness (QED) is 0.852. The van der Waals surface area contributed by atoms with E-state index in [1.54, 1.807) is 29.2 Å². The van der Waals surface area contributed by atoms with Crippen molar-refractivity contribution < 1.29 is 19.5 Å². The predicted octanol–water partition coefficient (Wildman–Crippen LogP) is 1.97. The number of likely N-dealkylation sites (tertiary alicyclic amines) is 1. The van der Waals surface area contributed by atoms with Crippen LogP contribution in [0.15, 0.2) is 24.3 Å². The molecule has 1 N–H and O–H groups in total. The Hall–Kier alpha value is -2.17. The van der Waals surface area contributed by atoms with Gasteiger partial charge in [-0.1, -0.05) is 12.1 Å². The van der Waals surface area contributed by atoms with Gasteiger partial charge in [-0.3, -0.25) is 14.4 Å². The molecule has 1 unspecified atom stereocenters. The van der Waals surface area contributed by atoms with E-state index >= 15 is 0 Å². The zero-order chi connectivity index (χ0) is 14.7. The average molecular weight is 275 g/mol. The number of carboxylic acids is 1. The highest BCUT2D eigenvalue weighted by Gasteiger charge is 2.30. The van der Waals surface area contributed by atoms with Gasteiger partial charge in [0.05, 0.1) is 6.42 Å². The van der Waals surface area contributed by atoms with E-state index in [-0.39, 0.29) is 24.2 Å². The normalized spacial score (nSPS) is 18.1. The smallest absolute Gasteiger partial charge is 0.305 e. The lowest BCUT2D eigenvalue weighted by Crippen LogP contribution is -2.36. The molecule has 0 radical (unpaired) electrons. The number of amides is 1. The molecule has 0 aliphatic carbocycles. The third kappa shape index (κ3) is 3.04. The highest BCUT2D eigenvalue weighted by Crippen LogP contribution is 2.22. The molecule has 20 heavy (non-hydrogen) atoms. The summed E-state index contributed by atoms with van der Waals surface area (Å²) in [5.41, 5.74) is 1.05. The zero-order valence-corrected chi connectivity index (χ0v) is 11.3. The first kappa shape index (κ1) is 14.2. The van der Waals surface area contributed by atoms with E-state index in [4.69, 9.17) is 5.11 Å². The van der Waals surface area contributed by atoms with Crippen molar-refractivity contribution in [3.63, 3.8) is 0 Å². The van der Waals surface area contributed by atoms with Gasteiger partial charge in [0.25, 0.3) is 5.91 Å². The molecule has 0 spiro atoms. The number of ketones is 1. The minimum atomic E-state index is -0.887. The molecule has 1 aliphatic heterocycles. The van der Waals surface area contributed by atoms with E-state index < -0.39 is 5.97 Å². The highest BCUT2D eigenvalue weighted by atomic mass is 16.4. The van der Waals surface area contributed by atoms with Crippen LogP contribution in [0.1, 0.15) is 46.9 Å². The minimum Gasteiger partial charge on any atom is -0.481 e. The number of hydrogen-bond acceptors (Lipinski definition) is 3. The van der Waals surface area contributed by atoms with Crippen molar-refractivity contribution in [3.8, 4) is 0 Å². The van der Waals surface area contributed by atoms with Gasteiger partial charge in [-0.05, 0) is 31.9 Å². The number of nitrogens with zero attached hydrogens (tertiary/aromatic N) is 1. The van der Waals surface area contributed by atoms with E-state index in [2.05, 4.69) is 0 Å². The molecule has 1 aliphatic rings. The van der Waals surface area contributed by atoms with Gasteiger partial charge in [0.2, 0.25) is 0 Å². The molecule has 5 heteroatoms. The summed E-state index contributed by atoms with van der Waals surface area (Å²) in [6.07, 6.45) is 1.54. The van der Waals surface area contributed by atoms with Crippen molar-refractivity contribution >= 4 is 17.7 Å². The number of carbonyl (C=O) groups excluding carboxylic acids is 2. The monoisotopic (exact) mass is 275 g/mol. The van der Waals surface area contributed by atoms with Crippen LogP contribution in [0.4, 0.5) is 0 Å². The molecule has 1 atom stereocenters. The molecule has 2 rings (SSSR count). The summed E-state index contributed by atoms with van der Waals surface area (Å²) in [6.45, 7) is 2.06. The number of carbonyl (C=O) groups is 3. The Bertz CT molecular complexity index is 535. The highest BCUT2D eigenvalue weighted by molar-refractivity contribution is 5.98. The Morgan fingerprint density at radius 3 is 2.35 bits per heavy atom. The van der Waals surface area contributed by atoms with E-state index in [1.807, 2.05) is 0 Å². The second-order valence-corrected chi connectivity index (χ2v) is 5.03. The van der Waals surface area contributed by atoms with Crippen molar-refractivity contribution in [1.29, 1.82) is 0 Å². The maximum absolute atomic E-state index is 12.4. The number of rotatable bonds is 4. The molecule has 0 bridgehead atoms. The van der Waals surface area contributed by atoms with Crippen LogP contribution in [0.5, 0.6) is 0 Å². The number of hydrogen-bond donors (Lipinski definition) is 1. The SMILES string of the molecule is CC(=O)c1ccc(C(=O)N2CCCC2CC(=O)O)cc1. The Morgan fingerprint density at radius 2 is 1.80 bits per heavy atom. The molecular formula is C15H17NO4. The largest absolute Gasteiger partial charge is 0.481 e. The molecule has 0 aromatic heterocycles. The first-order chi connectivity index (χ1) is 9.49. The van der Waals surface area contributed by atoms with E-state index in [0.29, 0.717) is 17.7 Å². The third-order valence-electron chi connectivity index (χ3n) is 3.59. The van der Waals surface area contributed by atoms with E-state index in [0.717, 1.165) is 12.8 Å². The number of aliphatic carboxylic acids is 1. The summed E-state index contributed by atoms with van der Waals surface area (Å²) < 4.78 is 0. The molecular weight excluding hydrogens is 258 g/mol. The molecule has 1 amide bonds. The Labute approximate surface area is 117 Å². The summed E-state index contributed by atoms with van der Waals surface area (Å²) in [7, 11) is 0.